The highest BCUT2D eigenvalue weighted by Gasteiger charge is 2.50. The summed E-state index contributed by atoms with van der Waals surface area (Å²) in [4.78, 5) is 51.4. The number of hydrogen-bond acceptors (Lipinski definition) is 11. The summed E-state index contributed by atoms with van der Waals surface area (Å²) in [5, 5.41) is 31.6. The number of hydrogen-bond donors (Lipinski definition) is 3. The zero-order valence-corrected chi connectivity index (χ0v) is 52.7. The topological polar surface area (TPSA) is 175 Å². The molecule has 83 heavy (non-hydrogen) atoms. The van der Waals surface area contributed by atoms with Crippen LogP contribution in [0.15, 0.2) is 85.1 Å². The lowest BCUT2D eigenvalue weighted by Gasteiger charge is -2.40. The molecule has 1 aliphatic heterocycles. The second-order valence-electron chi connectivity index (χ2n) is 22.7. The Labute approximate surface area is 505 Å². The standard InChI is InChI=1S/C71H120O12/c1-4-7-10-13-16-19-22-25-28-31-32-35-36-39-42-45-48-51-54-57-63(72)79-60-62(81-64(73)58-55-52-49-46-43-40-37-33-29-26-23-20-17-14-11-8-5-2)61-80-71-69(67(76)66(75)68(83-71)70(77)78)82-65(74)59-56-53-50-47-44-41-38-34-30-27-24-21-18-15-12-9-6-3/h8,11,16-17,19-20,25-26,28-29,32,35,37,40,62,66-69,71,75-76H,4-7,9-10,12-15,18,21-24,27,30-31,33-34,36,38-39,41-61H2,1-3H3,(H,77,78)/b11-8-,19-16-,20-17-,28-25-,29-26-,35-32-,40-37-. The van der Waals surface area contributed by atoms with Crippen molar-refractivity contribution in [3.63, 3.8) is 0 Å². The molecule has 6 atom stereocenters. The number of allylic oxidation sites excluding steroid dienone is 14. The van der Waals surface area contributed by atoms with E-state index in [0.29, 0.717) is 19.3 Å². The first-order chi connectivity index (χ1) is 40.6. The first kappa shape index (κ1) is 76.9. The summed E-state index contributed by atoms with van der Waals surface area (Å²) in [7, 11) is 0. The van der Waals surface area contributed by atoms with Gasteiger partial charge in [0.2, 0.25) is 0 Å². The van der Waals surface area contributed by atoms with Crippen LogP contribution in [0.1, 0.15) is 290 Å². The molecule has 476 valence electrons. The fourth-order valence-corrected chi connectivity index (χ4v) is 9.84. The number of carboxylic acids is 1. The molecule has 1 heterocycles. The van der Waals surface area contributed by atoms with Crippen molar-refractivity contribution in [2.75, 3.05) is 13.2 Å². The number of ether oxygens (including phenoxy) is 5. The van der Waals surface area contributed by atoms with Crippen LogP contribution in [-0.4, -0.2) is 89.2 Å². The maximum atomic E-state index is 13.2. The van der Waals surface area contributed by atoms with Crippen LogP contribution in [0.25, 0.3) is 0 Å². The van der Waals surface area contributed by atoms with Gasteiger partial charge in [0.1, 0.15) is 18.8 Å². The van der Waals surface area contributed by atoms with Gasteiger partial charge in [0.25, 0.3) is 0 Å². The van der Waals surface area contributed by atoms with E-state index in [2.05, 4.69) is 106 Å². The molecule has 0 spiro atoms. The fraction of sp³-hybridized carbons (Fsp3) is 0.746. The van der Waals surface area contributed by atoms with Crippen molar-refractivity contribution in [1.29, 1.82) is 0 Å². The average molecular weight is 1170 g/mol. The largest absolute Gasteiger partial charge is 0.479 e. The van der Waals surface area contributed by atoms with Crippen molar-refractivity contribution in [2.45, 2.75) is 327 Å². The lowest BCUT2D eigenvalue weighted by atomic mass is 9.98. The molecule has 0 saturated carbocycles. The van der Waals surface area contributed by atoms with E-state index in [-0.39, 0.29) is 25.9 Å². The molecule has 0 aromatic heterocycles. The highest BCUT2D eigenvalue weighted by Crippen LogP contribution is 2.27. The van der Waals surface area contributed by atoms with E-state index < -0.39 is 67.3 Å². The maximum absolute atomic E-state index is 13.2. The summed E-state index contributed by atoms with van der Waals surface area (Å²) >= 11 is 0. The molecule has 0 amide bonds. The van der Waals surface area contributed by atoms with Gasteiger partial charge in [-0.3, -0.25) is 14.4 Å². The monoisotopic (exact) mass is 1160 g/mol. The summed E-state index contributed by atoms with van der Waals surface area (Å²) in [6.07, 6.45) is 63.9. The highest BCUT2D eigenvalue weighted by molar-refractivity contribution is 5.74. The molecule has 3 N–H and O–H groups in total. The molecule has 1 saturated heterocycles. The van der Waals surface area contributed by atoms with Gasteiger partial charge in [0.15, 0.2) is 24.6 Å². The Bertz CT molecular complexity index is 1760. The minimum atomic E-state index is -1.91. The molecular formula is C71H120O12. The molecule has 0 aromatic carbocycles. The van der Waals surface area contributed by atoms with Gasteiger partial charge in [0.05, 0.1) is 6.61 Å². The number of aliphatic hydroxyl groups is 2. The van der Waals surface area contributed by atoms with E-state index >= 15 is 0 Å². The number of carboxylic acid groups (broad SMARTS) is 1. The van der Waals surface area contributed by atoms with Crippen LogP contribution in [0.5, 0.6) is 0 Å². The van der Waals surface area contributed by atoms with Gasteiger partial charge in [-0.2, -0.15) is 0 Å². The van der Waals surface area contributed by atoms with Crippen molar-refractivity contribution < 1.29 is 58.2 Å². The molecule has 6 unspecified atom stereocenters. The fourth-order valence-electron chi connectivity index (χ4n) is 9.84. The lowest BCUT2D eigenvalue weighted by molar-refractivity contribution is -0.301. The van der Waals surface area contributed by atoms with Crippen LogP contribution in [-0.2, 0) is 42.9 Å². The average Bonchev–Trinajstić information content (AvgIpc) is 3.59. The van der Waals surface area contributed by atoms with Gasteiger partial charge in [-0.15, -0.1) is 0 Å². The number of esters is 3. The van der Waals surface area contributed by atoms with Crippen LogP contribution in [0.3, 0.4) is 0 Å². The number of carbonyl (C=O) groups excluding carboxylic acids is 3. The van der Waals surface area contributed by atoms with Crippen molar-refractivity contribution in [2.24, 2.45) is 0 Å². The molecule has 1 fully saturated rings. The van der Waals surface area contributed by atoms with E-state index in [1.165, 1.54) is 103 Å². The van der Waals surface area contributed by atoms with E-state index in [0.717, 1.165) is 128 Å². The molecule has 12 heteroatoms. The molecule has 0 aliphatic carbocycles. The van der Waals surface area contributed by atoms with E-state index in [1.54, 1.807) is 0 Å². The van der Waals surface area contributed by atoms with Crippen LogP contribution in [0.4, 0.5) is 0 Å². The van der Waals surface area contributed by atoms with Crippen molar-refractivity contribution >= 4 is 23.9 Å². The summed E-state index contributed by atoms with van der Waals surface area (Å²) in [6, 6.07) is 0. The third kappa shape index (κ3) is 47.8. The Morgan fingerprint density at radius 1 is 0.410 bits per heavy atom. The Morgan fingerprint density at radius 2 is 0.759 bits per heavy atom. The van der Waals surface area contributed by atoms with Crippen molar-refractivity contribution in [3.8, 4) is 0 Å². The quantitative estimate of drug-likeness (QED) is 0.0228. The molecule has 1 aliphatic rings. The zero-order valence-electron chi connectivity index (χ0n) is 52.7. The van der Waals surface area contributed by atoms with Gasteiger partial charge in [-0.25, -0.2) is 4.79 Å². The minimum Gasteiger partial charge on any atom is -0.479 e. The van der Waals surface area contributed by atoms with Crippen LogP contribution < -0.4 is 0 Å². The molecule has 0 bridgehead atoms. The normalized spacial score (nSPS) is 18.1. The Morgan fingerprint density at radius 3 is 1.18 bits per heavy atom. The predicted octanol–water partition coefficient (Wildman–Crippen LogP) is 18.2. The Hall–Kier alpha value is -4.10. The Kier molecular flexibility index (Phi) is 54.0. The summed E-state index contributed by atoms with van der Waals surface area (Å²) in [5.41, 5.74) is 0. The highest BCUT2D eigenvalue weighted by atomic mass is 16.7. The van der Waals surface area contributed by atoms with Crippen LogP contribution in [0, 0.1) is 0 Å². The van der Waals surface area contributed by atoms with Gasteiger partial charge in [-0.05, 0) is 96.3 Å². The third-order valence-corrected chi connectivity index (χ3v) is 15.0. The molecule has 12 nitrogen and oxygen atoms in total. The van der Waals surface area contributed by atoms with E-state index in [9.17, 15) is 34.5 Å². The lowest BCUT2D eigenvalue weighted by Crippen LogP contribution is -2.61. The van der Waals surface area contributed by atoms with Crippen molar-refractivity contribution in [3.05, 3.63) is 85.1 Å². The zero-order chi connectivity index (χ0) is 60.3. The number of rotatable bonds is 57. The van der Waals surface area contributed by atoms with Crippen molar-refractivity contribution in [1.82, 2.24) is 0 Å². The van der Waals surface area contributed by atoms with Gasteiger partial charge in [0, 0.05) is 19.3 Å². The molecule has 0 aromatic rings. The van der Waals surface area contributed by atoms with Gasteiger partial charge in [-0.1, -0.05) is 260 Å². The first-order valence-electron chi connectivity index (χ1n) is 33.6. The maximum Gasteiger partial charge on any atom is 0.335 e. The van der Waals surface area contributed by atoms with Crippen LogP contribution in [0.2, 0.25) is 0 Å². The second-order valence-corrected chi connectivity index (χ2v) is 22.7. The summed E-state index contributed by atoms with van der Waals surface area (Å²) in [5.74, 6) is -3.15. The Balaban J connectivity index is 2.67. The summed E-state index contributed by atoms with van der Waals surface area (Å²) in [6.45, 7) is 5.86. The number of carbonyl (C=O) groups is 4. The molecular weight excluding hydrogens is 1040 g/mol. The minimum absolute atomic E-state index is 0.0570. The number of aliphatic hydroxyl groups excluding tert-OH is 2. The SMILES string of the molecule is CC/C=C\C/C=C\C/C=C\C/C=C\CCCCCCC(=O)OC(COC(=O)CCCCCCCC/C=C\C/C=C\C/C=C\CCCCC)COC1OC(C(=O)O)C(O)C(O)C1OC(=O)CCCCCCCCCCCCCCCCCCC. The number of aliphatic carboxylic acids is 1. The van der Waals surface area contributed by atoms with Gasteiger partial charge >= 0.3 is 23.9 Å². The first-order valence-corrected chi connectivity index (χ1v) is 33.6. The van der Waals surface area contributed by atoms with Crippen LogP contribution >= 0.6 is 0 Å². The summed E-state index contributed by atoms with van der Waals surface area (Å²) < 4.78 is 28.5. The molecule has 0 radical (unpaired) electrons. The molecule has 1 rings (SSSR count). The van der Waals surface area contributed by atoms with E-state index in [1.807, 2.05) is 0 Å². The smallest absolute Gasteiger partial charge is 0.335 e. The number of unbranched alkanes of at least 4 members (excludes halogenated alkanes) is 29. The van der Waals surface area contributed by atoms with Gasteiger partial charge < -0.3 is 39.0 Å². The van der Waals surface area contributed by atoms with E-state index in [4.69, 9.17) is 23.7 Å². The predicted molar refractivity (Wildman–Crippen MR) is 340 cm³/mol. The second kappa shape index (κ2) is 58.3. The third-order valence-electron chi connectivity index (χ3n) is 15.0.